The summed E-state index contributed by atoms with van der Waals surface area (Å²) in [5.41, 5.74) is 0. The van der Waals surface area contributed by atoms with Gasteiger partial charge in [0, 0.05) is 31.4 Å². The van der Waals surface area contributed by atoms with Gasteiger partial charge in [-0.2, -0.15) is 4.31 Å². The van der Waals surface area contributed by atoms with Crippen molar-refractivity contribution in [3.8, 4) is 17.4 Å². The Morgan fingerprint density at radius 2 is 1.81 bits per heavy atom. The number of fused-ring (bicyclic) bond motifs is 1. The van der Waals surface area contributed by atoms with Gasteiger partial charge in [-0.3, -0.25) is 0 Å². The topological polar surface area (TPSA) is 78.0 Å². The Hall–Kier alpha value is -2.03. The van der Waals surface area contributed by atoms with Crippen LogP contribution in [0.15, 0.2) is 41.4 Å². The van der Waals surface area contributed by atoms with Crippen molar-refractivity contribution in [3.63, 3.8) is 0 Å². The predicted molar refractivity (Wildman–Crippen MR) is 99.1 cm³/mol. The standard InChI is InChI=1S/C18H19ClN2O5S/c19-13-1-4-18(20-12-13)26-14-5-7-21(8-6-14)27(22,23)15-2-3-16-17(11-15)25-10-9-24-16/h1-4,11-12,14H,5-10H2. The molecule has 9 heteroatoms. The van der Waals surface area contributed by atoms with Crippen molar-refractivity contribution in [2.45, 2.75) is 23.8 Å². The van der Waals surface area contributed by atoms with E-state index in [4.69, 9.17) is 25.8 Å². The van der Waals surface area contributed by atoms with Crippen LogP contribution in [0.4, 0.5) is 0 Å². The highest BCUT2D eigenvalue weighted by molar-refractivity contribution is 7.89. The fourth-order valence-corrected chi connectivity index (χ4v) is 4.72. The Kier molecular flexibility index (Phi) is 5.12. The van der Waals surface area contributed by atoms with E-state index >= 15 is 0 Å². The number of hydrogen-bond donors (Lipinski definition) is 0. The maximum Gasteiger partial charge on any atom is 0.243 e. The molecule has 0 N–H and O–H groups in total. The summed E-state index contributed by atoms with van der Waals surface area (Å²) in [7, 11) is -3.59. The second kappa shape index (κ2) is 7.53. The molecule has 27 heavy (non-hydrogen) atoms. The lowest BCUT2D eigenvalue weighted by atomic mass is 10.1. The third-order valence-electron chi connectivity index (χ3n) is 4.54. The van der Waals surface area contributed by atoms with Crippen LogP contribution in [0, 0.1) is 0 Å². The quantitative estimate of drug-likeness (QED) is 0.771. The van der Waals surface area contributed by atoms with Crippen molar-refractivity contribution in [1.29, 1.82) is 0 Å². The van der Waals surface area contributed by atoms with Crippen LogP contribution in [-0.2, 0) is 10.0 Å². The van der Waals surface area contributed by atoms with Gasteiger partial charge in [0.15, 0.2) is 11.5 Å². The number of halogens is 1. The van der Waals surface area contributed by atoms with Gasteiger partial charge >= 0.3 is 0 Å². The molecular weight excluding hydrogens is 392 g/mol. The zero-order valence-electron chi connectivity index (χ0n) is 14.5. The molecule has 1 fully saturated rings. The Morgan fingerprint density at radius 1 is 1.07 bits per heavy atom. The first-order valence-electron chi connectivity index (χ1n) is 8.70. The summed E-state index contributed by atoms with van der Waals surface area (Å²) in [6.45, 7) is 1.65. The fourth-order valence-electron chi connectivity index (χ4n) is 3.13. The van der Waals surface area contributed by atoms with Crippen molar-refractivity contribution in [2.24, 2.45) is 0 Å². The van der Waals surface area contributed by atoms with Crippen molar-refractivity contribution in [2.75, 3.05) is 26.3 Å². The number of aromatic nitrogens is 1. The van der Waals surface area contributed by atoms with E-state index < -0.39 is 10.0 Å². The van der Waals surface area contributed by atoms with Gasteiger partial charge in [-0.05, 0) is 31.0 Å². The van der Waals surface area contributed by atoms with Crippen LogP contribution in [0.1, 0.15) is 12.8 Å². The second-order valence-electron chi connectivity index (χ2n) is 6.34. The molecule has 144 valence electrons. The van der Waals surface area contributed by atoms with Crippen molar-refractivity contribution in [3.05, 3.63) is 41.6 Å². The fraction of sp³-hybridized carbons (Fsp3) is 0.389. The first-order valence-corrected chi connectivity index (χ1v) is 10.5. The lowest BCUT2D eigenvalue weighted by Gasteiger charge is -2.31. The lowest BCUT2D eigenvalue weighted by molar-refractivity contribution is 0.130. The minimum Gasteiger partial charge on any atom is -0.486 e. The van der Waals surface area contributed by atoms with Gasteiger partial charge in [-0.1, -0.05) is 11.6 Å². The Morgan fingerprint density at radius 3 is 2.52 bits per heavy atom. The van der Waals surface area contributed by atoms with E-state index in [1.165, 1.54) is 16.6 Å². The molecule has 0 saturated carbocycles. The summed E-state index contributed by atoms with van der Waals surface area (Å²) in [5, 5.41) is 0.544. The van der Waals surface area contributed by atoms with Gasteiger partial charge in [0.25, 0.3) is 0 Å². The molecule has 2 aromatic rings. The number of hydrogen-bond acceptors (Lipinski definition) is 6. The predicted octanol–water partition coefficient (Wildman–Crippen LogP) is 2.74. The van der Waals surface area contributed by atoms with E-state index in [9.17, 15) is 8.42 Å². The third kappa shape index (κ3) is 3.97. The molecule has 0 amide bonds. The van der Waals surface area contributed by atoms with E-state index in [2.05, 4.69) is 4.98 Å². The van der Waals surface area contributed by atoms with Crippen LogP contribution in [0.5, 0.6) is 17.4 Å². The average Bonchev–Trinajstić information content (AvgIpc) is 2.70. The average molecular weight is 411 g/mol. The van der Waals surface area contributed by atoms with E-state index in [0.29, 0.717) is 61.5 Å². The number of nitrogens with zero attached hydrogens (tertiary/aromatic N) is 2. The molecule has 0 spiro atoms. The molecule has 0 aliphatic carbocycles. The molecule has 1 aromatic heterocycles. The molecule has 2 aliphatic rings. The highest BCUT2D eigenvalue weighted by Gasteiger charge is 2.31. The maximum absolute atomic E-state index is 12.9. The minimum absolute atomic E-state index is 0.0783. The Labute approximate surface area is 162 Å². The van der Waals surface area contributed by atoms with E-state index in [1.807, 2.05) is 0 Å². The molecule has 0 atom stereocenters. The number of ether oxygens (including phenoxy) is 3. The van der Waals surface area contributed by atoms with Crippen LogP contribution in [-0.4, -0.2) is 50.1 Å². The number of benzene rings is 1. The smallest absolute Gasteiger partial charge is 0.243 e. The van der Waals surface area contributed by atoms with E-state index in [1.54, 1.807) is 24.3 Å². The van der Waals surface area contributed by atoms with E-state index in [0.717, 1.165) is 0 Å². The normalized spacial score (nSPS) is 18.3. The van der Waals surface area contributed by atoms with Gasteiger partial charge < -0.3 is 14.2 Å². The summed E-state index contributed by atoms with van der Waals surface area (Å²) >= 11 is 5.82. The molecule has 7 nitrogen and oxygen atoms in total. The summed E-state index contributed by atoms with van der Waals surface area (Å²) in [4.78, 5) is 4.33. The molecule has 1 saturated heterocycles. The number of rotatable bonds is 4. The first-order chi connectivity index (χ1) is 13.0. The molecule has 0 radical (unpaired) electrons. The molecule has 0 unspecified atom stereocenters. The molecule has 3 heterocycles. The van der Waals surface area contributed by atoms with Gasteiger partial charge in [-0.15, -0.1) is 0 Å². The molecule has 0 bridgehead atoms. The van der Waals surface area contributed by atoms with Gasteiger partial charge in [0.1, 0.15) is 19.3 Å². The van der Waals surface area contributed by atoms with E-state index in [-0.39, 0.29) is 11.0 Å². The molecule has 4 rings (SSSR count). The van der Waals surface area contributed by atoms with Crippen LogP contribution < -0.4 is 14.2 Å². The SMILES string of the molecule is O=S(=O)(c1ccc2c(c1)OCCO2)N1CCC(Oc2ccc(Cl)cn2)CC1. The molecular formula is C18H19ClN2O5S. The highest BCUT2D eigenvalue weighted by Crippen LogP contribution is 2.33. The van der Waals surface area contributed by atoms with Crippen molar-refractivity contribution in [1.82, 2.24) is 9.29 Å². The van der Waals surface area contributed by atoms with Crippen LogP contribution >= 0.6 is 11.6 Å². The number of piperidine rings is 1. The molecule has 1 aromatic carbocycles. The zero-order valence-corrected chi connectivity index (χ0v) is 16.1. The highest BCUT2D eigenvalue weighted by atomic mass is 35.5. The molecule has 2 aliphatic heterocycles. The first kappa shape index (κ1) is 18.3. The van der Waals surface area contributed by atoms with Crippen LogP contribution in [0.2, 0.25) is 5.02 Å². The van der Waals surface area contributed by atoms with Crippen LogP contribution in [0.3, 0.4) is 0 Å². The van der Waals surface area contributed by atoms with Gasteiger partial charge in [0.05, 0.1) is 9.92 Å². The largest absolute Gasteiger partial charge is 0.486 e. The summed E-state index contributed by atoms with van der Waals surface area (Å²) in [6.07, 6.45) is 2.63. The Bertz CT molecular complexity index is 912. The third-order valence-corrected chi connectivity index (χ3v) is 6.66. The summed E-state index contributed by atoms with van der Waals surface area (Å²) in [6, 6.07) is 8.16. The Balaban J connectivity index is 1.41. The zero-order chi connectivity index (χ0) is 18.9. The number of sulfonamides is 1. The summed E-state index contributed by atoms with van der Waals surface area (Å²) in [5.74, 6) is 1.53. The number of pyridine rings is 1. The monoisotopic (exact) mass is 410 g/mol. The lowest BCUT2D eigenvalue weighted by Crippen LogP contribution is -2.41. The van der Waals surface area contributed by atoms with Crippen LogP contribution in [0.25, 0.3) is 0 Å². The van der Waals surface area contributed by atoms with Gasteiger partial charge in [-0.25, -0.2) is 13.4 Å². The van der Waals surface area contributed by atoms with Gasteiger partial charge in [0.2, 0.25) is 15.9 Å². The van der Waals surface area contributed by atoms with Crippen molar-refractivity contribution < 1.29 is 22.6 Å². The maximum atomic E-state index is 12.9. The summed E-state index contributed by atoms with van der Waals surface area (Å²) < 4.78 is 44.1. The second-order valence-corrected chi connectivity index (χ2v) is 8.72. The minimum atomic E-state index is -3.59. The van der Waals surface area contributed by atoms with Crippen molar-refractivity contribution >= 4 is 21.6 Å².